The average molecular weight is 305 g/mol. The molecule has 0 spiro atoms. The zero-order chi connectivity index (χ0) is 14.2. The first-order chi connectivity index (χ1) is 8.80. The molecule has 0 bridgehead atoms. The summed E-state index contributed by atoms with van der Waals surface area (Å²) in [5.41, 5.74) is 0. The Morgan fingerprint density at radius 3 is 2.47 bits per heavy atom. The van der Waals surface area contributed by atoms with E-state index in [0.717, 1.165) is 11.5 Å². The molecule has 1 aliphatic rings. The standard InChI is InChI=1S/C10H15N3O4S2/c1-6-3-13(4-7(2)19(6,16)17)5-8-11-9(10(14)15)18-12-8/h6-7H,3-5H2,1-2H3,(H,14,15). The summed E-state index contributed by atoms with van der Waals surface area (Å²) in [6.07, 6.45) is 0. The second-order valence-electron chi connectivity index (χ2n) is 4.73. The maximum Gasteiger partial charge on any atom is 0.366 e. The van der Waals surface area contributed by atoms with Crippen molar-refractivity contribution in [2.45, 2.75) is 30.9 Å². The topological polar surface area (TPSA) is 100 Å². The molecule has 2 heterocycles. The highest BCUT2D eigenvalue weighted by atomic mass is 32.2. The number of hydrogen-bond donors (Lipinski definition) is 1. The monoisotopic (exact) mass is 305 g/mol. The molecule has 106 valence electrons. The van der Waals surface area contributed by atoms with Crippen LogP contribution in [0, 0.1) is 0 Å². The Hall–Kier alpha value is -1.06. The molecular weight excluding hydrogens is 290 g/mol. The van der Waals surface area contributed by atoms with Crippen LogP contribution in [-0.4, -0.2) is 57.3 Å². The zero-order valence-electron chi connectivity index (χ0n) is 10.6. The zero-order valence-corrected chi connectivity index (χ0v) is 12.2. The minimum absolute atomic E-state index is 0.0410. The molecule has 0 aliphatic carbocycles. The molecule has 0 aromatic carbocycles. The molecule has 1 saturated heterocycles. The van der Waals surface area contributed by atoms with Gasteiger partial charge in [0.2, 0.25) is 5.01 Å². The maximum absolute atomic E-state index is 11.9. The Kier molecular flexibility index (Phi) is 3.88. The van der Waals surface area contributed by atoms with Crippen LogP contribution in [0.2, 0.25) is 0 Å². The fourth-order valence-corrected chi connectivity index (χ4v) is 4.29. The Morgan fingerprint density at radius 1 is 1.42 bits per heavy atom. The van der Waals surface area contributed by atoms with Crippen LogP contribution in [0.15, 0.2) is 0 Å². The van der Waals surface area contributed by atoms with Crippen LogP contribution in [0.3, 0.4) is 0 Å². The molecule has 1 aromatic rings. The van der Waals surface area contributed by atoms with Gasteiger partial charge in [-0.05, 0) is 25.4 Å². The van der Waals surface area contributed by atoms with Crippen LogP contribution in [0.5, 0.6) is 0 Å². The second-order valence-corrected chi connectivity index (χ2v) is 8.26. The van der Waals surface area contributed by atoms with Crippen molar-refractivity contribution >= 4 is 27.3 Å². The van der Waals surface area contributed by atoms with E-state index in [0.29, 0.717) is 25.5 Å². The highest BCUT2D eigenvalue weighted by molar-refractivity contribution is 7.92. The largest absolute Gasteiger partial charge is 0.476 e. The number of sulfone groups is 1. The SMILES string of the molecule is CC1CN(Cc2nsc(C(=O)O)n2)CC(C)S1(=O)=O. The molecule has 1 aromatic heterocycles. The van der Waals surface area contributed by atoms with Gasteiger partial charge in [0.25, 0.3) is 0 Å². The van der Waals surface area contributed by atoms with E-state index < -0.39 is 26.3 Å². The molecule has 1 aliphatic heterocycles. The van der Waals surface area contributed by atoms with Crippen molar-refractivity contribution in [1.82, 2.24) is 14.3 Å². The van der Waals surface area contributed by atoms with E-state index >= 15 is 0 Å². The average Bonchev–Trinajstić information content (AvgIpc) is 2.75. The lowest BCUT2D eigenvalue weighted by Crippen LogP contribution is -2.49. The predicted molar refractivity (Wildman–Crippen MR) is 70.0 cm³/mol. The van der Waals surface area contributed by atoms with Crippen LogP contribution >= 0.6 is 11.5 Å². The lowest BCUT2D eigenvalue weighted by atomic mass is 10.3. The van der Waals surface area contributed by atoms with E-state index in [4.69, 9.17) is 5.11 Å². The lowest BCUT2D eigenvalue weighted by molar-refractivity contribution is 0.0696. The molecular formula is C10H15N3O4S2. The van der Waals surface area contributed by atoms with Gasteiger partial charge in [-0.25, -0.2) is 18.2 Å². The third-order valence-electron chi connectivity index (χ3n) is 3.17. The van der Waals surface area contributed by atoms with Crippen molar-refractivity contribution in [3.05, 3.63) is 10.8 Å². The molecule has 1 fully saturated rings. The number of aromatic carboxylic acids is 1. The first-order valence-corrected chi connectivity index (χ1v) is 8.20. The predicted octanol–water partition coefficient (Wildman–Crippen LogP) is 0.244. The second kappa shape index (κ2) is 5.14. The molecule has 2 atom stereocenters. The molecule has 0 amide bonds. The minimum Gasteiger partial charge on any atom is -0.476 e. The van der Waals surface area contributed by atoms with E-state index in [1.807, 2.05) is 4.90 Å². The van der Waals surface area contributed by atoms with Crippen LogP contribution in [-0.2, 0) is 16.4 Å². The summed E-state index contributed by atoms with van der Waals surface area (Å²) in [7, 11) is -3.05. The van der Waals surface area contributed by atoms with Crippen LogP contribution in [0.1, 0.15) is 29.5 Å². The third kappa shape index (κ3) is 2.93. The van der Waals surface area contributed by atoms with Crippen molar-refractivity contribution in [3.63, 3.8) is 0 Å². The van der Waals surface area contributed by atoms with Gasteiger partial charge in [-0.1, -0.05) is 0 Å². The van der Waals surface area contributed by atoms with Gasteiger partial charge in [0.1, 0.15) is 0 Å². The van der Waals surface area contributed by atoms with Crippen molar-refractivity contribution < 1.29 is 18.3 Å². The summed E-state index contributed by atoms with van der Waals surface area (Å²) in [4.78, 5) is 16.6. The van der Waals surface area contributed by atoms with Crippen LogP contribution in [0.4, 0.5) is 0 Å². The minimum atomic E-state index is -3.05. The van der Waals surface area contributed by atoms with Crippen molar-refractivity contribution in [2.75, 3.05) is 13.1 Å². The van der Waals surface area contributed by atoms with Crippen molar-refractivity contribution in [1.29, 1.82) is 0 Å². The Balaban J connectivity index is 2.06. The summed E-state index contributed by atoms with van der Waals surface area (Å²) >= 11 is 0.842. The molecule has 19 heavy (non-hydrogen) atoms. The molecule has 7 nitrogen and oxygen atoms in total. The van der Waals surface area contributed by atoms with Gasteiger partial charge in [-0.15, -0.1) is 0 Å². The maximum atomic E-state index is 11.9. The quantitative estimate of drug-likeness (QED) is 0.854. The highest BCUT2D eigenvalue weighted by Gasteiger charge is 2.35. The van der Waals surface area contributed by atoms with Crippen LogP contribution < -0.4 is 0 Å². The Bertz CT molecular complexity index is 565. The number of carboxylic acid groups (broad SMARTS) is 1. The summed E-state index contributed by atoms with van der Waals surface area (Å²) in [5, 5.41) is 7.89. The molecule has 2 unspecified atom stereocenters. The van der Waals surface area contributed by atoms with Crippen molar-refractivity contribution in [3.8, 4) is 0 Å². The van der Waals surface area contributed by atoms with Gasteiger partial charge in [0, 0.05) is 13.1 Å². The number of carbonyl (C=O) groups is 1. The third-order valence-corrected chi connectivity index (χ3v) is 6.45. The van der Waals surface area contributed by atoms with Gasteiger partial charge in [-0.3, -0.25) is 4.90 Å². The summed E-state index contributed by atoms with van der Waals surface area (Å²) < 4.78 is 27.7. The molecule has 0 radical (unpaired) electrons. The Morgan fingerprint density at radius 2 is 2.00 bits per heavy atom. The number of nitrogens with zero attached hydrogens (tertiary/aromatic N) is 3. The highest BCUT2D eigenvalue weighted by Crippen LogP contribution is 2.20. The van der Waals surface area contributed by atoms with E-state index in [2.05, 4.69) is 9.36 Å². The first kappa shape index (κ1) is 14.4. The lowest BCUT2D eigenvalue weighted by Gasteiger charge is -2.34. The fourth-order valence-electron chi connectivity index (χ4n) is 2.14. The summed E-state index contributed by atoms with van der Waals surface area (Å²) in [5.74, 6) is -0.659. The normalized spacial score (nSPS) is 27.3. The summed E-state index contributed by atoms with van der Waals surface area (Å²) in [6, 6.07) is 0. The number of rotatable bonds is 3. The summed E-state index contributed by atoms with van der Waals surface area (Å²) in [6.45, 7) is 4.61. The fraction of sp³-hybridized carbons (Fsp3) is 0.700. The van der Waals surface area contributed by atoms with Gasteiger partial charge in [0.15, 0.2) is 15.7 Å². The van der Waals surface area contributed by atoms with E-state index in [1.165, 1.54) is 0 Å². The number of carboxylic acids is 1. The first-order valence-electron chi connectivity index (χ1n) is 5.81. The number of hydrogen-bond acceptors (Lipinski definition) is 7. The van der Waals surface area contributed by atoms with E-state index in [-0.39, 0.29) is 5.01 Å². The number of aromatic nitrogens is 2. The molecule has 0 saturated carbocycles. The van der Waals surface area contributed by atoms with E-state index in [1.54, 1.807) is 13.8 Å². The van der Waals surface area contributed by atoms with Gasteiger partial charge >= 0.3 is 5.97 Å². The van der Waals surface area contributed by atoms with Crippen molar-refractivity contribution in [2.24, 2.45) is 0 Å². The van der Waals surface area contributed by atoms with E-state index in [9.17, 15) is 13.2 Å². The van der Waals surface area contributed by atoms with Gasteiger partial charge in [-0.2, -0.15) is 4.37 Å². The van der Waals surface area contributed by atoms with Gasteiger partial charge in [0.05, 0.1) is 17.0 Å². The molecule has 2 rings (SSSR count). The smallest absolute Gasteiger partial charge is 0.366 e. The molecule has 9 heteroatoms. The molecule has 1 N–H and O–H groups in total. The van der Waals surface area contributed by atoms with Crippen LogP contribution in [0.25, 0.3) is 0 Å². The Labute approximate surface area is 115 Å². The van der Waals surface area contributed by atoms with Gasteiger partial charge < -0.3 is 5.11 Å².